The molecule has 1 aliphatic rings. The summed E-state index contributed by atoms with van der Waals surface area (Å²) in [5.41, 5.74) is 1.99. The van der Waals surface area contributed by atoms with Crippen LogP contribution in [0.5, 0.6) is 5.75 Å². The predicted octanol–water partition coefficient (Wildman–Crippen LogP) is 4.15. The van der Waals surface area contributed by atoms with E-state index in [1.807, 2.05) is 25.1 Å². The zero-order valence-corrected chi connectivity index (χ0v) is 13.7. The van der Waals surface area contributed by atoms with E-state index in [9.17, 15) is 0 Å². The topological polar surface area (TPSA) is 27.7 Å². The van der Waals surface area contributed by atoms with Gasteiger partial charge in [-0.05, 0) is 37.1 Å². The molecule has 0 N–H and O–H groups in total. The van der Waals surface area contributed by atoms with Crippen molar-refractivity contribution < 1.29 is 14.2 Å². The smallest absolute Gasteiger partial charge is 0.199 e. The Balaban J connectivity index is 2.35. The second-order valence-electron chi connectivity index (χ2n) is 6.05. The molecule has 0 fully saturated rings. The van der Waals surface area contributed by atoms with Gasteiger partial charge in [0.05, 0.1) is 0 Å². The Morgan fingerprint density at radius 3 is 2.29 bits per heavy atom. The molecule has 0 amide bonds. The minimum Gasteiger partial charge on any atom is -0.457 e. The second-order valence-corrected chi connectivity index (χ2v) is 6.05. The Morgan fingerprint density at radius 1 is 1.00 bits per heavy atom. The van der Waals surface area contributed by atoms with Crippen molar-refractivity contribution in [2.75, 3.05) is 14.2 Å². The van der Waals surface area contributed by atoms with Crippen LogP contribution in [0.2, 0.25) is 0 Å². The Kier molecular flexibility index (Phi) is 4.26. The van der Waals surface area contributed by atoms with Crippen molar-refractivity contribution in [3.63, 3.8) is 0 Å². The average molecular weight is 288 g/mol. The van der Waals surface area contributed by atoms with Crippen molar-refractivity contribution in [1.29, 1.82) is 0 Å². The van der Waals surface area contributed by atoms with Gasteiger partial charge in [0.1, 0.15) is 11.5 Å². The van der Waals surface area contributed by atoms with Crippen LogP contribution in [0, 0.1) is 19.3 Å². The number of ether oxygens (including phenoxy) is 3. The number of methoxy groups -OCH3 is 2. The molecular weight excluding hydrogens is 264 g/mol. The van der Waals surface area contributed by atoms with Crippen molar-refractivity contribution >= 4 is 0 Å². The Hall–Kier alpha value is -1.58. The van der Waals surface area contributed by atoms with Gasteiger partial charge in [-0.2, -0.15) is 0 Å². The Morgan fingerprint density at radius 2 is 1.67 bits per heavy atom. The van der Waals surface area contributed by atoms with Crippen molar-refractivity contribution in [1.82, 2.24) is 0 Å². The van der Waals surface area contributed by atoms with Gasteiger partial charge in [0.25, 0.3) is 0 Å². The highest BCUT2D eigenvalue weighted by Gasteiger charge is 2.45. The van der Waals surface area contributed by atoms with Crippen LogP contribution < -0.4 is 4.74 Å². The van der Waals surface area contributed by atoms with Gasteiger partial charge in [-0.3, -0.25) is 0 Å². The van der Waals surface area contributed by atoms with Gasteiger partial charge >= 0.3 is 0 Å². The van der Waals surface area contributed by atoms with E-state index in [0.717, 1.165) is 17.1 Å². The summed E-state index contributed by atoms with van der Waals surface area (Å²) in [5, 5.41) is 0. The summed E-state index contributed by atoms with van der Waals surface area (Å²) < 4.78 is 17.3. The molecule has 3 heteroatoms. The lowest BCUT2D eigenvalue weighted by molar-refractivity contribution is -0.222. The predicted molar refractivity (Wildman–Crippen MR) is 84.3 cm³/mol. The second kappa shape index (κ2) is 5.66. The Bertz CT molecular complexity index is 578. The van der Waals surface area contributed by atoms with Crippen LogP contribution in [0.25, 0.3) is 0 Å². The summed E-state index contributed by atoms with van der Waals surface area (Å²) in [7, 11) is 3.30. The fourth-order valence-electron chi connectivity index (χ4n) is 2.56. The van der Waals surface area contributed by atoms with E-state index in [2.05, 4.69) is 39.0 Å². The molecule has 0 unspecified atom stereocenters. The third-order valence-corrected chi connectivity index (χ3v) is 4.07. The SMILES string of the molecule is COC1(OC)C=C(Oc2cc(C)ccc2C)C=CC1(C)C. The first-order chi connectivity index (χ1) is 9.83. The number of hydrogen-bond acceptors (Lipinski definition) is 3. The maximum Gasteiger partial charge on any atom is 0.199 e. The first-order valence-corrected chi connectivity index (χ1v) is 7.11. The summed E-state index contributed by atoms with van der Waals surface area (Å²) in [6, 6.07) is 6.16. The molecule has 114 valence electrons. The highest BCUT2D eigenvalue weighted by Crippen LogP contribution is 2.41. The number of hydrogen-bond donors (Lipinski definition) is 0. The van der Waals surface area contributed by atoms with Gasteiger partial charge in [0.2, 0.25) is 0 Å². The maximum atomic E-state index is 6.03. The largest absolute Gasteiger partial charge is 0.457 e. The van der Waals surface area contributed by atoms with E-state index in [0.29, 0.717) is 0 Å². The van der Waals surface area contributed by atoms with Crippen molar-refractivity contribution in [2.24, 2.45) is 5.41 Å². The molecule has 0 atom stereocenters. The molecule has 3 nitrogen and oxygen atoms in total. The lowest BCUT2D eigenvalue weighted by atomic mass is 9.79. The molecule has 0 aliphatic heterocycles. The zero-order chi connectivity index (χ0) is 15.7. The number of aryl methyl sites for hydroxylation is 2. The molecule has 1 aromatic rings. The summed E-state index contributed by atoms with van der Waals surface area (Å²) in [6.45, 7) is 8.23. The van der Waals surface area contributed by atoms with Gasteiger partial charge in [-0.15, -0.1) is 0 Å². The van der Waals surface area contributed by atoms with E-state index in [1.165, 1.54) is 5.56 Å². The van der Waals surface area contributed by atoms with Gasteiger partial charge in [-0.1, -0.05) is 32.1 Å². The molecule has 0 aromatic heterocycles. The van der Waals surface area contributed by atoms with E-state index in [1.54, 1.807) is 14.2 Å². The first-order valence-electron chi connectivity index (χ1n) is 7.11. The third kappa shape index (κ3) is 2.89. The van der Waals surface area contributed by atoms with Crippen molar-refractivity contribution in [2.45, 2.75) is 33.5 Å². The summed E-state index contributed by atoms with van der Waals surface area (Å²) >= 11 is 0. The zero-order valence-electron chi connectivity index (χ0n) is 13.7. The van der Waals surface area contributed by atoms with Gasteiger partial charge in [0, 0.05) is 25.7 Å². The third-order valence-electron chi connectivity index (χ3n) is 4.07. The minimum absolute atomic E-state index is 0.273. The lowest BCUT2D eigenvalue weighted by Gasteiger charge is -2.42. The maximum absolute atomic E-state index is 6.03. The standard InChI is InChI=1S/C18H24O3/c1-13-7-8-14(2)16(11-13)21-15-9-10-17(3,4)18(12-15,19-5)20-6/h7-12H,1-6H3. The quantitative estimate of drug-likeness (QED) is 0.779. The molecule has 0 bridgehead atoms. The number of rotatable bonds is 4. The van der Waals surface area contributed by atoms with Crippen LogP contribution in [-0.4, -0.2) is 20.0 Å². The van der Waals surface area contributed by atoms with Crippen molar-refractivity contribution in [3.05, 3.63) is 53.3 Å². The Labute approximate surface area is 127 Å². The highest BCUT2D eigenvalue weighted by atomic mass is 16.7. The van der Waals surface area contributed by atoms with Crippen LogP contribution in [0.4, 0.5) is 0 Å². The molecule has 2 rings (SSSR count). The minimum atomic E-state index is -0.825. The first kappa shape index (κ1) is 15.8. The van der Waals surface area contributed by atoms with E-state index in [-0.39, 0.29) is 5.41 Å². The fourth-order valence-corrected chi connectivity index (χ4v) is 2.56. The molecule has 0 spiro atoms. The number of benzene rings is 1. The van der Waals surface area contributed by atoms with E-state index < -0.39 is 5.79 Å². The monoisotopic (exact) mass is 288 g/mol. The average Bonchev–Trinajstić information content (AvgIpc) is 2.45. The van der Waals surface area contributed by atoms with Crippen LogP contribution in [0.15, 0.2) is 42.2 Å². The molecule has 0 saturated heterocycles. The van der Waals surface area contributed by atoms with Crippen LogP contribution in [-0.2, 0) is 9.47 Å². The summed E-state index contributed by atoms with van der Waals surface area (Å²) in [5.74, 6) is 0.757. The van der Waals surface area contributed by atoms with Gasteiger partial charge in [0.15, 0.2) is 5.79 Å². The van der Waals surface area contributed by atoms with Crippen LogP contribution >= 0.6 is 0 Å². The van der Waals surface area contributed by atoms with Crippen molar-refractivity contribution in [3.8, 4) is 5.75 Å². The molecule has 1 aromatic carbocycles. The molecule has 0 heterocycles. The van der Waals surface area contributed by atoms with Crippen LogP contribution in [0.3, 0.4) is 0 Å². The number of allylic oxidation sites excluding steroid dienone is 1. The fraction of sp³-hybridized carbons (Fsp3) is 0.444. The van der Waals surface area contributed by atoms with Crippen LogP contribution in [0.1, 0.15) is 25.0 Å². The van der Waals surface area contributed by atoms with E-state index >= 15 is 0 Å². The highest BCUT2D eigenvalue weighted by molar-refractivity contribution is 5.39. The summed E-state index contributed by atoms with van der Waals surface area (Å²) in [4.78, 5) is 0. The molecular formula is C18H24O3. The molecule has 0 radical (unpaired) electrons. The normalized spacial score (nSPS) is 19.2. The summed E-state index contributed by atoms with van der Waals surface area (Å²) in [6.07, 6.45) is 5.92. The van der Waals surface area contributed by atoms with Gasteiger partial charge < -0.3 is 14.2 Å². The molecule has 0 saturated carbocycles. The lowest BCUT2D eigenvalue weighted by Crippen LogP contribution is -2.47. The van der Waals surface area contributed by atoms with E-state index in [4.69, 9.17) is 14.2 Å². The molecule has 21 heavy (non-hydrogen) atoms. The van der Waals surface area contributed by atoms with Gasteiger partial charge in [-0.25, -0.2) is 0 Å². The molecule has 1 aliphatic carbocycles.